The van der Waals surface area contributed by atoms with Crippen LogP contribution in [0.3, 0.4) is 0 Å². The molecule has 4 rings (SSSR count). The summed E-state index contributed by atoms with van der Waals surface area (Å²) >= 11 is 0. The Morgan fingerprint density at radius 3 is 2.90 bits per heavy atom. The third-order valence-corrected chi connectivity index (χ3v) is 5.38. The van der Waals surface area contributed by atoms with Crippen LogP contribution in [-0.2, 0) is 22.6 Å². The summed E-state index contributed by atoms with van der Waals surface area (Å²) in [4.78, 5) is 31.9. The zero-order valence-electron chi connectivity index (χ0n) is 16.8. The molecule has 1 aromatic carbocycles. The van der Waals surface area contributed by atoms with Gasteiger partial charge in [0.1, 0.15) is 17.2 Å². The van der Waals surface area contributed by atoms with Crippen molar-refractivity contribution in [2.75, 3.05) is 19.0 Å². The third-order valence-electron chi connectivity index (χ3n) is 5.38. The van der Waals surface area contributed by atoms with Gasteiger partial charge in [0, 0.05) is 43.7 Å². The monoisotopic (exact) mass is 389 g/mol. The fourth-order valence-electron chi connectivity index (χ4n) is 3.59. The molecule has 0 atom stereocenters. The van der Waals surface area contributed by atoms with E-state index >= 15 is 0 Å². The van der Waals surface area contributed by atoms with Crippen LogP contribution in [0.25, 0.3) is 17.0 Å². The number of aromatic nitrogens is 1. The summed E-state index contributed by atoms with van der Waals surface area (Å²) in [6.07, 6.45) is 6.14. The second-order valence-corrected chi connectivity index (χ2v) is 7.38. The van der Waals surface area contributed by atoms with E-state index in [0.29, 0.717) is 25.2 Å². The third kappa shape index (κ3) is 3.66. The van der Waals surface area contributed by atoms with E-state index in [2.05, 4.69) is 4.98 Å². The van der Waals surface area contributed by atoms with Gasteiger partial charge in [-0.2, -0.15) is 0 Å². The number of furan rings is 1. The number of anilines is 1. The van der Waals surface area contributed by atoms with E-state index in [9.17, 15) is 9.59 Å². The topological polar surface area (TPSA) is 66.7 Å². The molecule has 6 heteroatoms. The van der Waals surface area contributed by atoms with Crippen molar-refractivity contribution in [1.82, 2.24) is 9.88 Å². The predicted molar refractivity (Wildman–Crippen MR) is 112 cm³/mol. The first-order chi connectivity index (χ1) is 13.9. The Kier molecular flexibility index (Phi) is 4.92. The van der Waals surface area contributed by atoms with Crippen LogP contribution in [-0.4, -0.2) is 35.8 Å². The summed E-state index contributed by atoms with van der Waals surface area (Å²) < 4.78 is 5.90. The minimum absolute atomic E-state index is 0.0750. The van der Waals surface area contributed by atoms with E-state index in [4.69, 9.17) is 4.42 Å². The number of nitrogens with zero attached hydrogens (tertiary/aromatic N) is 3. The molecule has 1 aliphatic rings. The summed E-state index contributed by atoms with van der Waals surface area (Å²) in [6.45, 7) is 2.41. The fraction of sp³-hybridized carbons (Fsp3) is 0.261. The maximum absolute atomic E-state index is 12.6. The van der Waals surface area contributed by atoms with Gasteiger partial charge >= 0.3 is 0 Å². The number of amides is 2. The minimum Gasteiger partial charge on any atom is -0.459 e. The number of rotatable bonds is 4. The van der Waals surface area contributed by atoms with Gasteiger partial charge in [0.2, 0.25) is 11.8 Å². The smallest absolute Gasteiger partial charge is 0.246 e. The van der Waals surface area contributed by atoms with Gasteiger partial charge in [-0.15, -0.1) is 0 Å². The molecule has 0 saturated carbocycles. The Labute approximate surface area is 169 Å². The second kappa shape index (κ2) is 7.54. The Morgan fingerprint density at radius 2 is 2.10 bits per heavy atom. The molecule has 29 heavy (non-hydrogen) atoms. The largest absolute Gasteiger partial charge is 0.459 e. The van der Waals surface area contributed by atoms with Crippen LogP contribution >= 0.6 is 0 Å². The van der Waals surface area contributed by atoms with Crippen LogP contribution in [0.1, 0.15) is 28.9 Å². The number of benzene rings is 1. The number of carbonyl (C=O) groups is 2. The highest BCUT2D eigenvalue weighted by molar-refractivity contribution is 5.95. The van der Waals surface area contributed by atoms with E-state index in [-0.39, 0.29) is 11.8 Å². The van der Waals surface area contributed by atoms with Crippen molar-refractivity contribution in [2.45, 2.75) is 26.3 Å². The molecule has 0 radical (unpaired) electrons. The van der Waals surface area contributed by atoms with E-state index < -0.39 is 0 Å². The van der Waals surface area contributed by atoms with Crippen LogP contribution in [0.15, 0.2) is 47.0 Å². The number of fused-ring (bicyclic) bond motifs is 2. The van der Waals surface area contributed by atoms with Gasteiger partial charge in [0.05, 0.1) is 6.54 Å². The lowest BCUT2D eigenvalue weighted by Gasteiger charge is -2.24. The molecule has 0 bridgehead atoms. The average molecular weight is 389 g/mol. The van der Waals surface area contributed by atoms with Crippen molar-refractivity contribution in [3.63, 3.8) is 0 Å². The number of carbonyl (C=O) groups excluding carboxylic acids is 2. The van der Waals surface area contributed by atoms with E-state index in [1.807, 2.05) is 37.3 Å². The summed E-state index contributed by atoms with van der Waals surface area (Å²) in [7, 11) is 3.49. The van der Waals surface area contributed by atoms with Gasteiger partial charge in [-0.1, -0.05) is 18.2 Å². The molecular formula is C23H23N3O3. The zero-order chi connectivity index (χ0) is 20.5. The fourth-order valence-corrected chi connectivity index (χ4v) is 3.59. The Balaban J connectivity index is 1.46. The number of pyridine rings is 1. The molecule has 3 aromatic rings. The van der Waals surface area contributed by atoms with Crippen LogP contribution in [0.4, 0.5) is 5.82 Å². The molecule has 0 fully saturated rings. The summed E-state index contributed by atoms with van der Waals surface area (Å²) in [5.74, 6) is 1.45. The van der Waals surface area contributed by atoms with E-state index in [1.165, 1.54) is 0 Å². The average Bonchev–Trinajstić information content (AvgIpc) is 3.04. The second-order valence-electron chi connectivity index (χ2n) is 7.38. The van der Waals surface area contributed by atoms with E-state index in [1.54, 1.807) is 42.2 Å². The Hall–Kier alpha value is -3.41. The van der Waals surface area contributed by atoms with Crippen molar-refractivity contribution in [3.8, 4) is 0 Å². The zero-order valence-corrected chi connectivity index (χ0v) is 16.8. The van der Waals surface area contributed by atoms with Gasteiger partial charge in [-0.25, -0.2) is 4.98 Å². The highest BCUT2D eigenvalue weighted by Gasteiger charge is 2.22. The highest BCUT2D eigenvalue weighted by atomic mass is 16.3. The van der Waals surface area contributed by atoms with Gasteiger partial charge < -0.3 is 9.32 Å². The lowest BCUT2D eigenvalue weighted by Crippen LogP contribution is -2.32. The predicted octanol–water partition coefficient (Wildman–Crippen LogP) is 3.72. The van der Waals surface area contributed by atoms with Crippen LogP contribution in [0.2, 0.25) is 0 Å². The molecule has 1 aliphatic heterocycles. The van der Waals surface area contributed by atoms with Crippen molar-refractivity contribution in [2.24, 2.45) is 0 Å². The molecule has 2 aromatic heterocycles. The van der Waals surface area contributed by atoms with Crippen molar-refractivity contribution in [3.05, 3.63) is 65.1 Å². The molecule has 6 nitrogen and oxygen atoms in total. The molecule has 148 valence electrons. The van der Waals surface area contributed by atoms with Crippen molar-refractivity contribution in [1.29, 1.82) is 0 Å². The molecule has 0 saturated heterocycles. The minimum atomic E-state index is -0.116. The number of para-hydroxylation sites is 1. The lowest BCUT2D eigenvalue weighted by atomic mass is 10.0. The first-order valence-electron chi connectivity index (χ1n) is 9.59. The summed E-state index contributed by atoms with van der Waals surface area (Å²) in [6, 6.07) is 9.85. The van der Waals surface area contributed by atoms with E-state index in [0.717, 1.165) is 33.4 Å². The molecule has 2 amide bonds. The van der Waals surface area contributed by atoms with Crippen LogP contribution < -0.4 is 4.90 Å². The maximum atomic E-state index is 12.6. The maximum Gasteiger partial charge on any atom is 0.246 e. The Morgan fingerprint density at radius 1 is 1.31 bits per heavy atom. The lowest BCUT2D eigenvalue weighted by molar-refractivity contribution is -0.125. The van der Waals surface area contributed by atoms with Gasteiger partial charge in [-0.3, -0.25) is 14.5 Å². The number of hydrogen-bond donors (Lipinski definition) is 0. The van der Waals surface area contributed by atoms with Crippen molar-refractivity contribution < 1.29 is 14.0 Å². The summed E-state index contributed by atoms with van der Waals surface area (Å²) in [5, 5.41) is 1.07. The van der Waals surface area contributed by atoms with Crippen molar-refractivity contribution >= 4 is 34.7 Å². The quantitative estimate of drug-likeness (QED) is 0.638. The van der Waals surface area contributed by atoms with Gasteiger partial charge in [-0.05, 0) is 42.7 Å². The van der Waals surface area contributed by atoms with Gasteiger partial charge in [0.15, 0.2) is 0 Å². The van der Waals surface area contributed by atoms with Crippen LogP contribution in [0, 0.1) is 6.92 Å². The Bertz CT molecular complexity index is 1130. The standard InChI is InChI=1S/C23H23N3O3/c1-15-18-6-4-5-7-19(18)29-20(15)14-25(2)21(27)10-8-16-12-17-9-11-22(28)26(3)23(17)24-13-16/h4-8,10,12-13H,9,11,14H2,1-3H3/b10-8+. The molecule has 3 heterocycles. The number of aryl methyl sites for hydroxylation is 2. The SMILES string of the molecule is Cc1c(CN(C)C(=O)/C=C/c2cnc3c(c2)CCC(=O)N3C)oc2ccccc12. The number of hydrogen-bond acceptors (Lipinski definition) is 4. The van der Waals surface area contributed by atoms with Gasteiger partial charge in [0.25, 0.3) is 0 Å². The highest BCUT2D eigenvalue weighted by Crippen LogP contribution is 2.26. The first-order valence-corrected chi connectivity index (χ1v) is 9.59. The molecule has 0 spiro atoms. The molecule has 0 unspecified atom stereocenters. The number of likely N-dealkylation sites (N-methyl/N-ethyl adjacent to an activating group) is 1. The molecule has 0 N–H and O–H groups in total. The first kappa shape index (κ1) is 18.9. The molecule has 0 aliphatic carbocycles. The summed E-state index contributed by atoms with van der Waals surface area (Å²) in [5.41, 5.74) is 3.75. The molecular weight excluding hydrogens is 366 g/mol. The normalized spacial score (nSPS) is 13.9. The van der Waals surface area contributed by atoms with Crippen LogP contribution in [0.5, 0.6) is 0 Å².